The standard InChI is InChI=1S/C21H17N3O2/c25-20-19(18-12-6-7-13-22-18)24(14-15-8-2-1-3-9-15)21(26)16-10-4-5-11-17(16)23-20/h1-13,19H,14H2,(H,23,25)/t19-/m1/s1. The van der Waals surface area contributed by atoms with Crippen LogP contribution in [0.2, 0.25) is 0 Å². The normalized spacial score (nSPS) is 16.6. The Bertz CT molecular complexity index is 942. The molecule has 1 aromatic heterocycles. The molecular formula is C21H17N3O2. The van der Waals surface area contributed by atoms with E-state index in [0.29, 0.717) is 23.5 Å². The summed E-state index contributed by atoms with van der Waals surface area (Å²) in [5.41, 5.74) is 2.50. The maximum absolute atomic E-state index is 13.3. The minimum Gasteiger partial charge on any atom is -0.323 e. The molecule has 1 aliphatic heterocycles. The molecule has 0 spiro atoms. The van der Waals surface area contributed by atoms with Gasteiger partial charge in [0.05, 0.1) is 16.9 Å². The number of benzene rings is 2. The van der Waals surface area contributed by atoms with Crippen molar-refractivity contribution >= 4 is 17.5 Å². The smallest absolute Gasteiger partial charge is 0.257 e. The Kier molecular flexibility index (Phi) is 4.19. The zero-order chi connectivity index (χ0) is 17.9. The monoisotopic (exact) mass is 343 g/mol. The van der Waals surface area contributed by atoms with Gasteiger partial charge in [-0.2, -0.15) is 0 Å². The number of fused-ring (bicyclic) bond motifs is 1. The summed E-state index contributed by atoms with van der Waals surface area (Å²) in [5, 5.41) is 2.88. The Labute approximate surface area is 151 Å². The van der Waals surface area contributed by atoms with E-state index in [1.165, 1.54) is 0 Å². The van der Waals surface area contributed by atoms with Crippen LogP contribution in [-0.2, 0) is 11.3 Å². The van der Waals surface area contributed by atoms with Crippen molar-refractivity contribution < 1.29 is 9.59 Å². The van der Waals surface area contributed by atoms with Crippen LogP contribution in [0.1, 0.15) is 27.7 Å². The topological polar surface area (TPSA) is 62.3 Å². The maximum atomic E-state index is 13.3. The number of amides is 2. The van der Waals surface area contributed by atoms with E-state index in [9.17, 15) is 9.59 Å². The van der Waals surface area contributed by atoms with E-state index < -0.39 is 6.04 Å². The highest BCUT2D eigenvalue weighted by Crippen LogP contribution is 2.31. The second-order valence-electron chi connectivity index (χ2n) is 6.11. The quantitative estimate of drug-likeness (QED) is 0.793. The zero-order valence-electron chi connectivity index (χ0n) is 14.0. The third kappa shape index (κ3) is 2.95. The van der Waals surface area contributed by atoms with Crippen LogP contribution in [0, 0.1) is 0 Å². The van der Waals surface area contributed by atoms with Gasteiger partial charge in [-0.25, -0.2) is 0 Å². The number of rotatable bonds is 3. The van der Waals surface area contributed by atoms with Crippen LogP contribution in [0.15, 0.2) is 79.0 Å². The predicted octanol–water partition coefficient (Wildman–Crippen LogP) is 3.42. The zero-order valence-corrected chi connectivity index (χ0v) is 14.0. The second-order valence-corrected chi connectivity index (χ2v) is 6.11. The molecule has 26 heavy (non-hydrogen) atoms. The minimum atomic E-state index is -0.795. The van der Waals surface area contributed by atoms with Crippen molar-refractivity contribution in [1.82, 2.24) is 9.88 Å². The van der Waals surface area contributed by atoms with Gasteiger partial charge in [-0.3, -0.25) is 14.6 Å². The predicted molar refractivity (Wildman–Crippen MR) is 98.4 cm³/mol. The molecule has 0 bridgehead atoms. The van der Waals surface area contributed by atoms with Gasteiger partial charge in [-0.1, -0.05) is 48.5 Å². The lowest BCUT2D eigenvalue weighted by atomic mass is 10.1. The van der Waals surface area contributed by atoms with Crippen LogP contribution in [0.3, 0.4) is 0 Å². The van der Waals surface area contributed by atoms with Crippen molar-refractivity contribution in [3.63, 3.8) is 0 Å². The first-order valence-electron chi connectivity index (χ1n) is 8.40. The average Bonchev–Trinajstić information content (AvgIpc) is 2.78. The molecule has 0 radical (unpaired) electrons. The summed E-state index contributed by atoms with van der Waals surface area (Å²) >= 11 is 0. The number of hydrogen-bond donors (Lipinski definition) is 1. The number of hydrogen-bond acceptors (Lipinski definition) is 3. The molecule has 1 N–H and O–H groups in total. The maximum Gasteiger partial charge on any atom is 0.257 e. The molecule has 0 fully saturated rings. The molecule has 0 saturated heterocycles. The number of pyridine rings is 1. The number of aromatic nitrogens is 1. The number of carbonyl (C=O) groups excluding carboxylic acids is 2. The van der Waals surface area contributed by atoms with Crippen LogP contribution in [0.5, 0.6) is 0 Å². The summed E-state index contributed by atoms with van der Waals surface area (Å²) < 4.78 is 0. The second kappa shape index (κ2) is 6.80. The van der Waals surface area contributed by atoms with E-state index in [4.69, 9.17) is 0 Å². The molecular weight excluding hydrogens is 326 g/mol. The fraction of sp³-hybridized carbons (Fsp3) is 0.0952. The van der Waals surface area contributed by atoms with Crippen molar-refractivity contribution in [2.45, 2.75) is 12.6 Å². The molecule has 1 aliphatic rings. The number of anilines is 1. The van der Waals surface area contributed by atoms with Crippen LogP contribution < -0.4 is 5.32 Å². The molecule has 2 heterocycles. The Morgan fingerprint density at radius 2 is 1.62 bits per heavy atom. The largest absolute Gasteiger partial charge is 0.323 e. The molecule has 4 rings (SSSR count). The first-order valence-corrected chi connectivity index (χ1v) is 8.40. The molecule has 3 aromatic rings. The van der Waals surface area contributed by atoms with E-state index in [-0.39, 0.29) is 11.8 Å². The van der Waals surface area contributed by atoms with Gasteiger partial charge >= 0.3 is 0 Å². The van der Waals surface area contributed by atoms with Gasteiger partial charge < -0.3 is 10.2 Å². The lowest BCUT2D eigenvalue weighted by Crippen LogP contribution is -2.38. The highest BCUT2D eigenvalue weighted by Gasteiger charge is 2.37. The van der Waals surface area contributed by atoms with Gasteiger partial charge in [0.25, 0.3) is 11.8 Å². The van der Waals surface area contributed by atoms with E-state index in [1.807, 2.05) is 36.4 Å². The van der Waals surface area contributed by atoms with Gasteiger partial charge in [0.1, 0.15) is 0 Å². The summed E-state index contributed by atoms with van der Waals surface area (Å²) in [4.78, 5) is 32.2. The fourth-order valence-corrected chi connectivity index (χ4v) is 3.17. The van der Waals surface area contributed by atoms with Crippen molar-refractivity contribution in [1.29, 1.82) is 0 Å². The SMILES string of the molecule is O=C1Nc2ccccc2C(=O)N(Cc2ccccc2)[C@@H]1c1ccccn1. The first-order chi connectivity index (χ1) is 12.7. The number of carbonyl (C=O) groups is 2. The summed E-state index contributed by atoms with van der Waals surface area (Å²) in [6.07, 6.45) is 1.63. The Morgan fingerprint density at radius 3 is 2.38 bits per heavy atom. The number of nitrogens with one attached hydrogen (secondary N) is 1. The van der Waals surface area contributed by atoms with E-state index in [1.54, 1.807) is 47.5 Å². The summed E-state index contributed by atoms with van der Waals surface area (Å²) in [5.74, 6) is -0.462. The number of nitrogens with zero attached hydrogens (tertiary/aromatic N) is 2. The fourth-order valence-electron chi connectivity index (χ4n) is 3.17. The minimum absolute atomic E-state index is 0.196. The third-order valence-corrected chi connectivity index (χ3v) is 4.40. The molecule has 5 nitrogen and oxygen atoms in total. The Morgan fingerprint density at radius 1 is 0.885 bits per heavy atom. The molecule has 2 amide bonds. The summed E-state index contributed by atoms with van der Waals surface area (Å²) in [6, 6.07) is 21.3. The van der Waals surface area contributed by atoms with Gasteiger partial charge in [-0.15, -0.1) is 0 Å². The first kappa shape index (κ1) is 16.0. The number of para-hydroxylation sites is 1. The van der Waals surface area contributed by atoms with Crippen molar-refractivity contribution in [2.75, 3.05) is 5.32 Å². The lowest BCUT2D eigenvalue weighted by molar-refractivity contribution is -0.120. The van der Waals surface area contributed by atoms with Crippen LogP contribution in [-0.4, -0.2) is 21.7 Å². The van der Waals surface area contributed by atoms with Gasteiger partial charge in [0.15, 0.2) is 6.04 Å². The van der Waals surface area contributed by atoms with E-state index in [0.717, 1.165) is 5.56 Å². The molecule has 128 valence electrons. The third-order valence-electron chi connectivity index (χ3n) is 4.40. The molecule has 0 unspecified atom stereocenters. The Balaban J connectivity index is 1.82. The lowest BCUT2D eigenvalue weighted by Gasteiger charge is -2.28. The van der Waals surface area contributed by atoms with Crippen LogP contribution >= 0.6 is 0 Å². The molecule has 0 saturated carbocycles. The molecule has 2 aromatic carbocycles. The van der Waals surface area contributed by atoms with Crippen molar-refractivity contribution in [2.24, 2.45) is 0 Å². The van der Waals surface area contributed by atoms with Crippen molar-refractivity contribution in [3.05, 3.63) is 95.8 Å². The Hall–Kier alpha value is -3.47. The summed E-state index contributed by atoms with van der Waals surface area (Å²) in [6.45, 7) is 0.322. The highest BCUT2D eigenvalue weighted by molar-refractivity contribution is 6.09. The van der Waals surface area contributed by atoms with Crippen LogP contribution in [0.4, 0.5) is 5.69 Å². The molecule has 0 aliphatic carbocycles. The van der Waals surface area contributed by atoms with Crippen LogP contribution in [0.25, 0.3) is 0 Å². The van der Waals surface area contributed by atoms with Gasteiger partial charge in [0.2, 0.25) is 0 Å². The van der Waals surface area contributed by atoms with E-state index in [2.05, 4.69) is 10.3 Å². The van der Waals surface area contributed by atoms with Gasteiger partial charge in [0, 0.05) is 12.7 Å². The van der Waals surface area contributed by atoms with Gasteiger partial charge in [-0.05, 0) is 29.8 Å². The molecule has 1 atom stereocenters. The van der Waals surface area contributed by atoms with Crippen molar-refractivity contribution in [3.8, 4) is 0 Å². The van der Waals surface area contributed by atoms with E-state index >= 15 is 0 Å². The summed E-state index contributed by atoms with van der Waals surface area (Å²) in [7, 11) is 0. The highest BCUT2D eigenvalue weighted by atomic mass is 16.2. The average molecular weight is 343 g/mol. The molecule has 5 heteroatoms.